The van der Waals surface area contributed by atoms with Crippen LogP contribution in [0.2, 0.25) is 0 Å². The van der Waals surface area contributed by atoms with Crippen molar-refractivity contribution >= 4 is 0 Å². The summed E-state index contributed by atoms with van der Waals surface area (Å²) in [5, 5.41) is 13.3. The zero-order valence-corrected chi connectivity index (χ0v) is 10.6. The van der Waals surface area contributed by atoms with Crippen LogP contribution >= 0.6 is 0 Å². The maximum absolute atomic E-state index is 10.0. The lowest BCUT2D eigenvalue weighted by atomic mass is 10.1. The molecule has 2 N–H and O–H groups in total. The van der Waals surface area contributed by atoms with E-state index in [-0.39, 0.29) is 12.2 Å². The van der Waals surface area contributed by atoms with Crippen molar-refractivity contribution in [2.45, 2.75) is 38.9 Å². The summed E-state index contributed by atoms with van der Waals surface area (Å²) in [6, 6.07) is 6.06. The molecular weight excluding hydrogens is 214 g/mol. The van der Waals surface area contributed by atoms with Crippen molar-refractivity contribution < 1.29 is 9.84 Å². The summed E-state index contributed by atoms with van der Waals surface area (Å²) >= 11 is 0. The van der Waals surface area contributed by atoms with E-state index in [0.717, 1.165) is 37.2 Å². The molecule has 17 heavy (non-hydrogen) atoms. The second kappa shape index (κ2) is 5.52. The standard InChI is InChI=1S/C14H21NO2/c1-10-4-3-5-13(11(10)2)17-14-7-9-15-8-6-12(14)16/h3-5,12,14-16H,6-9H2,1-2H3/t12-,14-/m0/s1. The summed E-state index contributed by atoms with van der Waals surface area (Å²) in [5.74, 6) is 0.899. The highest BCUT2D eigenvalue weighted by Crippen LogP contribution is 2.24. The van der Waals surface area contributed by atoms with Crippen molar-refractivity contribution in [1.82, 2.24) is 5.32 Å². The van der Waals surface area contributed by atoms with E-state index in [1.165, 1.54) is 5.56 Å². The van der Waals surface area contributed by atoms with Crippen molar-refractivity contribution in [2.75, 3.05) is 13.1 Å². The van der Waals surface area contributed by atoms with E-state index >= 15 is 0 Å². The molecular formula is C14H21NO2. The zero-order valence-electron chi connectivity index (χ0n) is 10.6. The monoisotopic (exact) mass is 235 g/mol. The van der Waals surface area contributed by atoms with Gasteiger partial charge in [0, 0.05) is 0 Å². The van der Waals surface area contributed by atoms with Gasteiger partial charge >= 0.3 is 0 Å². The molecule has 0 radical (unpaired) electrons. The Hall–Kier alpha value is -1.06. The number of aryl methyl sites for hydroxylation is 1. The van der Waals surface area contributed by atoms with Gasteiger partial charge < -0.3 is 15.2 Å². The van der Waals surface area contributed by atoms with Crippen molar-refractivity contribution in [3.63, 3.8) is 0 Å². The van der Waals surface area contributed by atoms with Gasteiger partial charge in [0.2, 0.25) is 0 Å². The lowest BCUT2D eigenvalue weighted by Crippen LogP contribution is -2.31. The highest BCUT2D eigenvalue weighted by molar-refractivity contribution is 5.38. The second-order valence-corrected chi connectivity index (χ2v) is 4.75. The van der Waals surface area contributed by atoms with Gasteiger partial charge in [0.1, 0.15) is 11.9 Å². The Balaban J connectivity index is 2.10. The number of rotatable bonds is 2. The molecule has 2 atom stereocenters. The molecule has 0 spiro atoms. The third-order valence-corrected chi connectivity index (χ3v) is 3.48. The van der Waals surface area contributed by atoms with Crippen LogP contribution in [0.4, 0.5) is 0 Å². The van der Waals surface area contributed by atoms with E-state index in [4.69, 9.17) is 4.74 Å². The van der Waals surface area contributed by atoms with Gasteiger partial charge in [-0.25, -0.2) is 0 Å². The molecule has 2 rings (SSSR count). The Morgan fingerprint density at radius 1 is 1.24 bits per heavy atom. The Morgan fingerprint density at radius 2 is 2.00 bits per heavy atom. The summed E-state index contributed by atoms with van der Waals surface area (Å²) in [4.78, 5) is 0. The maximum atomic E-state index is 10.0. The van der Waals surface area contributed by atoms with Crippen LogP contribution < -0.4 is 10.1 Å². The van der Waals surface area contributed by atoms with Gasteiger partial charge in [0.25, 0.3) is 0 Å². The molecule has 0 aromatic heterocycles. The summed E-state index contributed by atoms with van der Waals surface area (Å²) in [6.07, 6.45) is 1.15. The van der Waals surface area contributed by atoms with E-state index in [1.807, 2.05) is 12.1 Å². The molecule has 0 amide bonds. The Morgan fingerprint density at radius 3 is 2.82 bits per heavy atom. The minimum atomic E-state index is -0.370. The molecule has 1 aromatic carbocycles. The molecule has 1 aliphatic rings. The molecule has 1 aliphatic heterocycles. The van der Waals surface area contributed by atoms with Gasteiger partial charge in [-0.1, -0.05) is 12.1 Å². The largest absolute Gasteiger partial charge is 0.487 e. The molecule has 1 fully saturated rings. The fraction of sp³-hybridized carbons (Fsp3) is 0.571. The van der Waals surface area contributed by atoms with Gasteiger partial charge in [-0.2, -0.15) is 0 Å². The first-order valence-electron chi connectivity index (χ1n) is 6.30. The number of benzene rings is 1. The van der Waals surface area contributed by atoms with Gasteiger partial charge in [-0.15, -0.1) is 0 Å². The van der Waals surface area contributed by atoms with E-state index < -0.39 is 0 Å². The topological polar surface area (TPSA) is 41.5 Å². The summed E-state index contributed by atoms with van der Waals surface area (Å²) in [7, 11) is 0. The van der Waals surface area contributed by atoms with Crippen LogP contribution in [0.25, 0.3) is 0 Å². The molecule has 0 unspecified atom stereocenters. The fourth-order valence-electron chi connectivity index (χ4n) is 2.15. The summed E-state index contributed by atoms with van der Waals surface area (Å²) in [6.45, 7) is 5.92. The first-order valence-corrected chi connectivity index (χ1v) is 6.30. The van der Waals surface area contributed by atoms with E-state index in [0.29, 0.717) is 0 Å². The predicted molar refractivity (Wildman–Crippen MR) is 68.4 cm³/mol. The Labute approximate surface area is 103 Å². The first-order chi connectivity index (χ1) is 8.18. The third-order valence-electron chi connectivity index (χ3n) is 3.48. The number of hydrogen-bond acceptors (Lipinski definition) is 3. The van der Waals surface area contributed by atoms with E-state index in [2.05, 4.69) is 25.2 Å². The molecule has 1 heterocycles. The predicted octanol–water partition coefficient (Wildman–Crippen LogP) is 1.80. The lowest BCUT2D eigenvalue weighted by molar-refractivity contribution is 0.0346. The Kier molecular flexibility index (Phi) is 4.02. The molecule has 0 saturated carbocycles. The highest BCUT2D eigenvalue weighted by Gasteiger charge is 2.23. The van der Waals surface area contributed by atoms with Gasteiger partial charge in [-0.05, 0) is 57.0 Å². The van der Waals surface area contributed by atoms with Crippen molar-refractivity contribution in [2.24, 2.45) is 0 Å². The van der Waals surface area contributed by atoms with Gasteiger partial charge in [-0.3, -0.25) is 0 Å². The highest BCUT2D eigenvalue weighted by atomic mass is 16.5. The van der Waals surface area contributed by atoms with Gasteiger partial charge in [0.05, 0.1) is 6.10 Å². The average Bonchev–Trinajstić information content (AvgIpc) is 2.51. The third kappa shape index (κ3) is 2.99. The molecule has 3 nitrogen and oxygen atoms in total. The molecule has 1 saturated heterocycles. The van der Waals surface area contributed by atoms with E-state index in [1.54, 1.807) is 0 Å². The second-order valence-electron chi connectivity index (χ2n) is 4.75. The molecule has 94 valence electrons. The van der Waals surface area contributed by atoms with Crippen LogP contribution in [0, 0.1) is 13.8 Å². The minimum Gasteiger partial charge on any atom is -0.487 e. The van der Waals surface area contributed by atoms with Crippen LogP contribution in [0.5, 0.6) is 5.75 Å². The van der Waals surface area contributed by atoms with Crippen molar-refractivity contribution in [3.8, 4) is 5.75 Å². The maximum Gasteiger partial charge on any atom is 0.126 e. The van der Waals surface area contributed by atoms with Crippen LogP contribution in [0.3, 0.4) is 0 Å². The van der Waals surface area contributed by atoms with Crippen LogP contribution in [-0.4, -0.2) is 30.4 Å². The van der Waals surface area contributed by atoms with Crippen LogP contribution in [0.15, 0.2) is 18.2 Å². The average molecular weight is 235 g/mol. The number of nitrogens with one attached hydrogen (secondary N) is 1. The molecule has 3 heteroatoms. The normalized spacial score (nSPS) is 25.4. The van der Waals surface area contributed by atoms with Gasteiger partial charge in [0.15, 0.2) is 0 Å². The van der Waals surface area contributed by atoms with E-state index in [9.17, 15) is 5.11 Å². The minimum absolute atomic E-state index is 0.0921. The smallest absolute Gasteiger partial charge is 0.126 e. The lowest BCUT2D eigenvalue weighted by Gasteiger charge is -2.23. The fourth-order valence-corrected chi connectivity index (χ4v) is 2.15. The zero-order chi connectivity index (χ0) is 12.3. The number of aliphatic hydroxyl groups is 1. The quantitative estimate of drug-likeness (QED) is 0.821. The number of aliphatic hydroxyl groups excluding tert-OH is 1. The number of ether oxygens (including phenoxy) is 1. The molecule has 0 aliphatic carbocycles. The summed E-state index contributed by atoms with van der Waals surface area (Å²) < 4.78 is 5.97. The molecule has 0 bridgehead atoms. The first kappa shape index (κ1) is 12.4. The van der Waals surface area contributed by atoms with Crippen molar-refractivity contribution in [1.29, 1.82) is 0 Å². The number of hydrogen-bond donors (Lipinski definition) is 2. The van der Waals surface area contributed by atoms with Crippen molar-refractivity contribution in [3.05, 3.63) is 29.3 Å². The Bertz CT molecular complexity index is 378. The SMILES string of the molecule is Cc1cccc(O[C@H]2CCNCC[C@@H]2O)c1C. The summed E-state index contributed by atoms with van der Waals surface area (Å²) in [5.41, 5.74) is 2.39. The van der Waals surface area contributed by atoms with Crippen LogP contribution in [0.1, 0.15) is 24.0 Å². The van der Waals surface area contributed by atoms with Crippen LogP contribution in [-0.2, 0) is 0 Å². The molecule has 1 aromatic rings.